The van der Waals surface area contributed by atoms with E-state index in [4.69, 9.17) is 4.42 Å². The number of hydrogen-bond acceptors (Lipinski definition) is 6. The van der Waals surface area contributed by atoms with Gasteiger partial charge in [-0.2, -0.15) is 5.10 Å². The molecule has 0 aliphatic rings. The number of aromatic amines is 1. The number of aromatic nitrogens is 4. The highest BCUT2D eigenvalue weighted by molar-refractivity contribution is 7.99. The molecule has 8 heteroatoms. The van der Waals surface area contributed by atoms with Gasteiger partial charge in [-0.25, -0.2) is 9.97 Å². The second-order valence-corrected chi connectivity index (χ2v) is 5.34. The van der Waals surface area contributed by atoms with Crippen LogP contribution in [0.25, 0.3) is 11.1 Å². The number of H-pyrrole nitrogens is 1. The lowest BCUT2D eigenvalue weighted by molar-refractivity contribution is -0.127. The molecule has 3 rings (SSSR count). The smallest absolute Gasteiger partial charge is 0.257 e. The fraction of sp³-hybridized carbons (Fsp3) is 0.231. The Kier molecular flexibility index (Phi) is 3.87. The minimum absolute atomic E-state index is 0.0290. The van der Waals surface area contributed by atoms with Crippen LogP contribution in [0.4, 0.5) is 0 Å². The van der Waals surface area contributed by atoms with Gasteiger partial charge in [0.1, 0.15) is 17.7 Å². The molecule has 0 aliphatic heterocycles. The van der Waals surface area contributed by atoms with Crippen molar-refractivity contribution >= 4 is 28.8 Å². The van der Waals surface area contributed by atoms with Crippen LogP contribution in [0.5, 0.6) is 0 Å². The van der Waals surface area contributed by atoms with E-state index >= 15 is 0 Å². The van der Waals surface area contributed by atoms with Gasteiger partial charge in [0, 0.05) is 7.05 Å². The molecule has 108 valence electrons. The van der Waals surface area contributed by atoms with Gasteiger partial charge in [-0.15, -0.1) is 0 Å². The average Bonchev–Trinajstić information content (AvgIpc) is 3.13. The molecular weight excluding hydrogens is 290 g/mol. The van der Waals surface area contributed by atoms with Crippen molar-refractivity contribution in [3.05, 3.63) is 36.4 Å². The summed E-state index contributed by atoms with van der Waals surface area (Å²) in [5.41, 5.74) is 1.52. The van der Waals surface area contributed by atoms with Gasteiger partial charge in [0.25, 0.3) is 5.22 Å². The van der Waals surface area contributed by atoms with E-state index in [1.165, 1.54) is 18.1 Å². The van der Waals surface area contributed by atoms with Gasteiger partial charge >= 0.3 is 0 Å². The first-order chi connectivity index (χ1) is 10.2. The predicted molar refractivity (Wildman–Crippen MR) is 77.6 cm³/mol. The number of rotatable bonds is 5. The first-order valence-electron chi connectivity index (χ1n) is 6.29. The Hall–Kier alpha value is -2.35. The number of fused-ring (bicyclic) bond motifs is 1. The monoisotopic (exact) mass is 303 g/mol. The molecule has 1 aromatic carbocycles. The summed E-state index contributed by atoms with van der Waals surface area (Å²) in [4.78, 5) is 21.9. The number of thioether (sulfide) groups is 1. The van der Waals surface area contributed by atoms with Gasteiger partial charge in [0.05, 0.1) is 12.3 Å². The summed E-state index contributed by atoms with van der Waals surface area (Å²) >= 11 is 1.28. The van der Waals surface area contributed by atoms with E-state index in [-0.39, 0.29) is 11.7 Å². The van der Waals surface area contributed by atoms with Crippen molar-refractivity contribution < 1.29 is 9.21 Å². The molecule has 7 nitrogen and oxygen atoms in total. The van der Waals surface area contributed by atoms with Gasteiger partial charge in [0.15, 0.2) is 5.58 Å². The number of benzene rings is 1. The summed E-state index contributed by atoms with van der Waals surface area (Å²) in [5.74, 6) is 0.883. The number of carbonyl (C=O) groups is 1. The van der Waals surface area contributed by atoms with Gasteiger partial charge in [-0.3, -0.25) is 9.89 Å². The van der Waals surface area contributed by atoms with Crippen molar-refractivity contribution in [3.63, 3.8) is 0 Å². The molecule has 21 heavy (non-hydrogen) atoms. The number of nitrogens with zero attached hydrogens (tertiary/aromatic N) is 4. The molecule has 1 amide bonds. The third-order valence-electron chi connectivity index (χ3n) is 2.87. The predicted octanol–water partition coefficient (Wildman–Crippen LogP) is 1.70. The van der Waals surface area contributed by atoms with Crippen molar-refractivity contribution in [3.8, 4) is 0 Å². The van der Waals surface area contributed by atoms with E-state index in [9.17, 15) is 4.79 Å². The number of oxazole rings is 1. The second kappa shape index (κ2) is 5.96. The molecule has 3 aromatic rings. The molecule has 0 saturated heterocycles. The van der Waals surface area contributed by atoms with Crippen LogP contribution in [0.15, 0.2) is 40.2 Å². The highest BCUT2D eigenvalue weighted by Gasteiger charge is 2.13. The Labute approximate surface area is 124 Å². The first-order valence-corrected chi connectivity index (χ1v) is 7.27. The number of hydrogen-bond donors (Lipinski definition) is 1. The molecule has 0 saturated carbocycles. The molecule has 0 bridgehead atoms. The molecule has 0 spiro atoms. The Morgan fingerprint density at radius 1 is 1.43 bits per heavy atom. The number of para-hydroxylation sites is 2. The van der Waals surface area contributed by atoms with Gasteiger partial charge < -0.3 is 9.32 Å². The summed E-state index contributed by atoms with van der Waals surface area (Å²) < 4.78 is 5.56. The van der Waals surface area contributed by atoms with Crippen LogP contribution in [-0.2, 0) is 11.3 Å². The largest absolute Gasteiger partial charge is 0.431 e. The van der Waals surface area contributed by atoms with E-state index in [1.54, 1.807) is 11.9 Å². The maximum atomic E-state index is 12.0. The standard InChI is InChI=1S/C13H13N5O2S/c1-18(6-11-14-8-15-17-11)12(19)7-21-13-16-9-4-2-3-5-10(9)20-13/h2-5,8H,6-7H2,1H3,(H,14,15,17). The van der Waals surface area contributed by atoms with Crippen LogP contribution in [0.3, 0.4) is 0 Å². The molecule has 2 heterocycles. The van der Waals surface area contributed by atoms with Crippen LogP contribution >= 0.6 is 11.8 Å². The van der Waals surface area contributed by atoms with Crippen LogP contribution in [0.2, 0.25) is 0 Å². The van der Waals surface area contributed by atoms with Crippen molar-refractivity contribution in [2.24, 2.45) is 0 Å². The van der Waals surface area contributed by atoms with Crippen LogP contribution < -0.4 is 0 Å². The molecule has 1 N–H and O–H groups in total. The van der Waals surface area contributed by atoms with Crippen molar-refractivity contribution in [2.45, 2.75) is 11.8 Å². The zero-order valence-corrected chi connectivity index (χ0v) is 12.1. The SMILES string of the molecule is CN(Cc1ncn[nH]1)C(=O)CSc1nc2ccccc2o1. The lowest BCUT2D eigenvalue weighted by atomic mass is 10.3. The van der Waals surface area contributed by atoms with Gasteiger partial charge in [-0.05, 0) is 12.1 Å². The molecule has 0 aliphatic carbocycles. The van der Waals surface area contributed by atoms with E-state index in [1.807, 2.05) is 24.3 Å². The highest BCUT2D eigenvalue weighted by atomic mass is 32.2. The Balaban J connectivity index is 1.57. The summed E-state index contributed by atoms with van der Waals surface area (Å²) in [7, 11) is 1.72. The molecular formula is C13H13N5O2S. The van der Waals surface area contributed by atoms with Crippen molar-refractivity contribution in [2.75, 3.05) is 12.8 Å². The van der Waals surface area contributed by atoms with Crippen LogP contribution in [0.1, 0.15) is 5.82 Å². The maximum absolute atomic E-state index is 12.0. The Morgan fingerprint density at radius 3 is 3.05 bits per heavy atom. The summed E-state index contributed by atoms with van der Waals surface area (Å²) in [6.07, 6.45) is 1.42. The minimum Gasteiger partial charge on any atom is -0.431 e. The van der Waals surface area contributed by atoms with Crippen molar-refractivity contribution in [1.29, 1.82) is 0 Å². The Morgan fingerprint density at radius 2 is 2.29 bits per heavy atom. The second-order valence-electron chi connectivity index (χ2n) is 4.42. The molecule has 0 unspecified atom stereocenters. The lowest BCUT2D eigenvalue weighted by Crippen LogP contribution is -2.28. The molecule has 0 fully saturated rings. The van der Waals surface area contributed by atoms with E-state index in [0.29, 0.717) is 17.6 Å². The number of nitrogens with one attached hydrogen (secondary N) is 1. The van der Waals surface area contributed by atoms with Crippen LogP contribution in [-0.4, -0.2) is 43.8 Å². The zero-order valence-electron chi connectivity index (χ0n) is 11.3. The average molecular weight is 303 g/mol. The summed E-state index contributed by atoms with van der Waals surface area (Å²) in [6.45, 7) is 0.396. The topological polar surface area (TPSA) is 87.9 Å². The molecule has 0 radical (unpaired) electrons. The van der Waals surface area contributed by atoms with E-state index in [0.717, 1.165) is 11.1 Å². The first kappa shape index (κ1) is 13.6. The lowest BCUT2D eigenvalue weighted by Gasteiger charge is -2.14. The summed E-state index contributed by atoms with van der Waals surface area (Å²) in [6, 6.07) is 7.51. The minimum atomic E-state index is -0.0290. The third-order valence-corrected chi connectivity index (χ3v) is 3.68. The van der Waals surface area contributed by atoms with Crippen molar-refractivity contribution in [1.82, 2.24) is 25.1 Å². The third kappa shape index (κ3) is 3.22. The van der Waals surface area contributed by atoms with Gasteiger partial charge in [-0.1, -0.05) is 23.9 Å². The van der Waals surface area contributed by atoms with Gasteiger partial charge in [0.2, 0.25) is 5.91 Å². The number of amides is 1. The van der Waals surface area contributed by atoms with E-state index in [2.05, 4.69) is 20.2 Å². The fourth-order valence-electron chi connectivity index (χ4n) is 1.77. The highest BCUT2D eigenvalue weighted by Crippen LogP contribution is 2.23. The fourth-order valence-corrected chi connectivity index (χ4v) is 2.55. The quantitative estimate of drug-likeness (QED) is 0.722. The normalized spacial score (nSPS) is 10.9. The van der Waals surface area contributed by atoms with E-state index < -0.39 is 0 Å². The summed E-state index contributed by atoms with van der Waals surface area (Å²) in [5, 5.41) is 6.97. The number of carbonyl (C=O) groups excluding carboxylic acids is 1. The zero-order chi connectivity index (χ0) is 14.7. The molecule has 0 atom stereocenters. The maximum Gasteiger partial charge on any atom is 0.257 e. The molecule has 2 aromatic heterocycles. The van der Waals surface area contributed by atoms with Crippen LogP contribution in [0, 0.1) is 0 Å². The Bertz CT molecular complexity index is 707.